The van der Waals surface area contributed by atoms with Crippen molar-refractivity contribution in [2.75, 3.05) is 0 Å². The van der Waals surface area contributed by atoms with Gasteiger partial charge in [-0.15, -0.1) is 0 Å². The van der Waals surface area contributed by atoms with Gasteiger partial charge in [0, 0.05) is 0 Å². The molecule has 3 atom stereocenters. The Kier molecular flexibility index (Phi) is 10.1. The molecular formula is C23H27F5NO5P. The second kappa shape index (κ2) is 12.4. The van der Waals surface area contributed by atoms with Crippen LogP contribution in [0, 0.1) is 35.0 Å². The fourth-order valence-corrected chi connectivity index (χ4v) is 4.62. The summed E-state index contributed by atoms with van der Waals surface area (Å²) in [6, 6.07) is 5.81. The number of carbonyl (C=O) groups excluding carboxylic acids is 1. The van der Waals surface area contributed by atoms with Gasteiger partial charge < -0.3 is 13.8 Å². The van der Waals surface area contributed by atoms with Crippen molar-refractivity contribution in [1.29, 1.82) is 0 Å². The lowest BCUT2D eigenvalue weighted by atomic mass is 10.0. The van der Waals surface area contributed by atoms with E-state index in [1.807, 2.05) is 6.92 Å². The van der Waals surface area contributed by atoms with Crippen molar-refractivity contribution in [3.05, 3.63) is 59.4 Å². The first-order chi connectivity index (χ1) is 16.4. The minimum absolute atomic E-state index is 0.0281. The number of hydrogen-bond acceptors (Lipinski definition) is 5. The van der Waals surface area contributed by atoms with Gasteiger partial charge in [0.05, 0.1) is 6.10 Å². The third-order valence-corrected chi connectivity index (χ3v) is 6.17. The topological polar surface area (TPSA) is 73.9 Å². The predicted molar refractivity (Wildman–Crippen MR) is 118 cm³/mol. The number of carbonyl (C=O) groups is 1. The van der Waals surface area contributed by atoms with Gasteiger partial charge in [0.15, 0.2) is 0 Å². The van der Waals surface area contributed by atoms with Crippen LogP contribution in [0.15, 0.2) is 30.3 Å². The molecule has 0 bridgehead atoms. The van der Waals surface area contributed by atoms with Gasteiger partial charge in [0.2, 0.25) is 34.8 Å². The molecule has 35 heavy (non-hydrogen) atoms. The molecule has 1 unspecified atom stereocenters. The standard InChI is InChI=1S/C23H27F5NO5P/c1-5-9-14(4)32-23(30)16(12-13(2)3)29-35(31,33-15-10-7-6-8-11-15)34-22-20(27)18(25)17(24)19(26)21(22)28/h6-8,10-11,13-14,16H,5,9,12H2,1-4H3,(H,29,31)/t14-,16?,35-/m0/s1. The van der Waals surface area contributed by atoms with Gasteiger partial charge in [-0.3, -0.25) is 4.79 Å². The summed E-state index contributed by atoms with van der Waals surface area (Å²) in [4.78, 5) is 12.8. The molecule has 0 spiro atoms. The number of para-hydroxylation sites is 1. The van der Waals surface area contributed by atoms with Crippen molar-refractivity contribution in [3.63, 3.8) is 0 Å². The molecule has 0 saturated heterocycles. The van der Waals surface area contributed by atoms with Crippen LogP contribution in [0.2, 0.25) is 0 Å². The van der Waals surface area contributed by atoms with Crippen LogP contribution in [0.4, 0.5) is 22.0 Å². The number of ether oxygens (including phenoxy) is 1. The molecule has 0 aliphatic heterocycles. The van der Waals surface area contributed by atoms with Crippen LogP contribution in [0.25, 0.3) is 0 Å². The molecule has 12 heteroatoms. The van der Waals surface area contributed by atoms with E-state index in [4.69, 9.17) is 13.8 Å². The van der Waals surface area contributed by atoms with Gasteiger partial charge >= 0.3 is 13.7 Å². The molecule has 0 aromatic heterocycles. The van der Waals surface area contributed by atoms with Crippen LogP contribution in [-0.2, 0) is 14.1 Å². The summed E-state index contributed by atoms with van der Waals surface area (Å²) in [6.45, 7) is 7.02. The monoisotopic (exact) mass is 523 g/mol. The molecular weight excluding hydrogens is 496 g/mol. The number of esters is 1. The highest BCUT2D eigenvalue weighted by molar-refractivity contribution is 7.52. The van der Waals surface area contributed by atoms with Crippen molar-refractivity contribution in [2.45, 2.75) is 59.1 Å². The lowest BCUT2D eigenvalue weighted by Crippen LogP contribution is -2.40. The van der Waals surface area contributed by atoms with Crippen molar-refractivity contribution in [3.8, 4) is 11.5 Å². The maximum absolute atomic E-state index is 14.3. The van der Waals surface area contributed by atoms with Crippen molar-refractivity contribution in [2.24, 2.45) is 5.92 Å². The van der Waals surface area contributed by atoms with E-state index in [2.05, 4.69) is 5.09 Å². The van der Waals surface area contributed by atoms with Gasteiger partial charge in [0.1, 0.15) is 11.8 Å². The van der Waals surface area contributed by atoms with E-state index in [9.17, 15) is 31.3 Å². The minimum atomic E-state index is -4.98. The molecule has 0 heterocycles. The summed E-state index contributed by atoms with van der Waals surface area (Å²) in [5, 5.41) is 2.28. The van der Waals surface area contributed by atoms with Gasteiger partial charge in [-0.1, -0.05) is 45.4 Å². The number of rotatable bonds is 12. The fourth-order valence-electron chi connectivity index (χ4n) is 3.09. The lowest BCUT2D eigenvalue weighted by molar-refractivity contribution is -0.151. The summed E-state index contributed by atoms with van der Waals surface area (Å²) in [5.41, 5.74) is 0. The third-order valence-electron chi connectivity index (χ3n) is 4.67. The van der Waals surface area contributed by atoms with Crippen molar-refractivity contribution in [1.82, 2.24) is 5.09 Å². The van der Waals surface area contributed by atoms with Gasteiger partial charge in [-0.05, 0) is 37.8 Å². The Morgan fingerprint density at radius 3 is 1.97 bits per heavy atom. The molecule has 2 aromatic carbocycles. The van der Waals surface area contributed by atoms with Crippen LogP contribution in [0.5, 0.6) is 11.5 Å². The third kappa shape index (κ3) is 7.67. The molecule has 2 rings (SSSR count). The molecule has 0 aliphatic carbocycles. The highest BCUT2D eigenvalue weighted by Crippen LogP contribution is 2.48. The van der Waals surface area contributed by atoms with Crippen LogP contribution in [0.1, 0.15) is 47.0 Å². The van der Waals surface area contributed by atoms with E-state index < -0.39 is 60.7 Å². The molecule has 0 amide bonds. The molecule has 0 fully saturated rings. The molecule has 0 saturated carbocycles. The molecule has 1 N–H and O–H groups in total. The number of nitrogens with one attached hydrogen (secondary N) is 1. The first-order valence-corrected chi connectivity index (χ1v) is 12.5. The van der Waals surface area contributed by atoms with Crippen LogP contribution >= 0.6 is 7.75 Å². The fraction of sp³-hybridized carbons (Fsp3) is 0.435. The zero-order valence-electron chi connectivity index (χ0n) is 19.6. The summed E-state index contributed by atoms with van der Waals surface area (Å²) < 4.78 is 98.6. The zero-order valence-corrected chi connectivity index (χ0v) is 20.5. The minimum Gasteiger partial charge on any atom is -0.462 e. The Labute approximate surface area is 200 Å². The lowest BCUT2D eigenvalue weighted by Gasteiger charge is -2.27. The summed E-state index contributed by atoms with van der Waals surface area (Å²) in [5.74, 6) is -14.6. The van der Waals surface area contributed by atoms with Crippen LogP contribution in [-0.4, -0.2) is 18.1 Å². The van der Waals surface area contributed by atoms with Crippen molar-refractivity contribution >= 4 is 13.7 Å². The van der Waals surface area contributed by atoms with E-state index in [1.165, 1.54) is 24.3 Å². The van der Waals surface area contributed by atoms with E-state index in [0.29, 0.717) is 6.42 Å². The number of hydrogen-bond donors (Lipinski definition) is 1. The van der Waals surface area contributed by atoms with E-state index in [0.717, 1.165) is 6.42 Å². The summed E-state index contributed by atoms with van der Waals surface area (Å²) in [6.07, 6.45) is 0.796. The Morgan fingerprint density at radius 1 is 0.914 bits per heavy atom. The highest BCUT2D eigenvalue weighted by atomic mass is 31.2. The Balaban J connectivity index is 2.49. The second-order valence-electron chi connectivity index (χ2n) is 8.24. The largest absolute Gasteiger partial charge is 0.513 e. The summed E-state index contributed by atoms with van der Waals surface area (Å²) >= 11 is 0. The molecule has 0 radical (unpaired) electrons. The zero-order chi connectivity index (χ0) is 26.3. The average Bonchev–Trinajstić information content (AvgIpc) is 2.79. The number of benzene rings is 2. The van der Waals surface area contributed by atoms with Crippen LogP contribution < -0.4 is 14.1 Å². The average molecular weight is 523 g/mol. The Morgan fingerprint density at radius 2 is 1.46 bits per heavy atom. The van der Waals surface area contributed by atoms with E-state index >= 15 is 0 Å². The maximum atomic E-state index is 14.3. The van der Waals surface area contributed by atoms with Gasteiger partial charge in [0.25, 0.3) is 0 Å². The molecule has 0 aliphatic rings. The second-order valence-corrected chi connectivity index (χ2v) is 9.86. The van der Waals surface area contributed by atoms with E-state index in [1.54, 1.807) is 26.8 Å². The summed E-state index contributed by atoms with van der Waals surface area (Å²) in [7, 11) is -4.98. The molecule has 6 nitrogen and oxygen atoms in total. The molecule has 2 aromatic rings. The van der Waals surface area contributed by atoms with Crippen LogP contribution in [0.3, 0.4) is 0 Å². The van der Waals surface area contributed by atoms with E-state index in [-0.39, 0.29) is 18.1 Å². The first-order valence-electron chi connectivity index (χ1n) is 10.9. The molecule has 194 valence electrons. The highest BCUT2D eigenvalue weighted by Gasteiger charge is 2.40. The predicted octanol–water partition coefficient (Wildman–Crippen LogP) is 6.68. The maximum Gasteiger partial charge on any atom is 0.513 e. The SMILES string of the molecule is CCC[C@H](C)OC(=O)C(CC(C)C)N[P@](=O)(Oc1ccccc1)Oc1c(F)c(F)c(F)c(F)c1F. The van der Waals surface area contributed by atoms with Gasteiger partial charge in [-0.2, -0.15) is 13.9 Å². The smallest absolute Gasteiger partial charge is 0.462 e. The normalized spacial score (nSPS) is 14.8. The first kappa shape index (κ1) is 28.6. The quantitative estimate of drug-likeness (QED) is 0.110. The van der Waals surface area contributed by atoms with Gasteiger partial charge in [-0.25, -0.2) is 17.7 Å². The van der Waals surface area contributed by atoms with Crippen molar-refractivity contribution < 1.29 is 45.1 Å². The Hall–Kier alpha value is -2.65. The number of halogens is 5. The Bertz CT molecular complexity index is 1040.